The minimum Gasteiger partial charge on any atom is -0.380 e. The Balaban J connectivity index is 1.73. The maximum absolute atomic E-state index is 12.6. The number of aromatic nitrogens is 1. The number of halogens is 1. The van der Waals surface area contributed by atoms with Gasteiger partial charge < -0.3 is 10.6 Å². The van der Waals surface area contributed by atoms with Crippen LogP contribution in [0.5, 0.6) is 0 Å². The molecule has 0 saturated carbocycles. The maximum Gasteiger partial charge on any atom is 0.257 e. The third kappa shape index (κ3) is 4.66. The van der Waals surface area contributed by atoms with Crippen molar-refractivity contribution in [1.82, 2.24) is 4.98 Å². The molecule has 0 aliphatic rings. The molecule has 27 heavy (non-hydrogen) atoms. The number of anilines is 2. The Morgan fingerprint density at radius 3 is 2.56 bits per heavy atom. The third-order valence-corrected chi connectivity index (χ3v) is 4.71. The fraction of sp³-hybridized carbons (Fsp3) is 0.182. The van der Waals surface area contributed by atoms with Crippen LogP contribution >= 0.6 is 11.6 Å². The third-order valence-electron chi connectivity index (χ3n) is 4.41. The van der Waals surface area contributed by atoms with Crippen molar-refractivity contribution in [2.24, 2.45) is 0 Å². The monoisotopic (exact) mass is 379 g/mol. The average Bonchev–Trinajstić information content (AvgIpc) is 2.64. The first kappa shape index (κ1) is 18.9. The molecule has 1 amide bonds. The van der Waals surface area contributed by atoms with Gasteiger partial charge in [0.25, 0.3) is 5.91 Å². The van der Waals surface area contributed by atoms with Crippen LogP contribution in [0.4, 0.5) is 11.4 Å². The van der Waals surface area contributed by atoms with Gasteiger partial charge in [-0.1, -0.05) is 41.9 Å². The van der Waals surface area contributed by atoms with E-state index in [1.54, 1.807) is 18.5 Å². The van der Waals surface area contributed by atoms with Gasteiger partial charge in [0.2, 0.25) is 0 Å². The van der Waals surface area contributed by atoms with E-state index in [2.05, 4.69) is 34.7 Å². The summed E-state index contributed by atoms with van der Waals surface area (Å²) >= 11 is 6.29. The lowest BCUT2D eigenvalue weighted by molar-refractivity contribution is 0.102. The zero-order valence-electron chi connectivity index (χ0n) is 15.6. The number of carbonyl (C=O) groups excluding carboxylic acids is 1. The van der Waals surface area contributed by atoms with Crippen LogP contribution in [0.1, 0.15) is 32.6 Å². The molecule has 1 heterocycles. The Morgan fingerprint density at radius 1 is 1.04 bits per heavy atom. The Labute approximate surface area is 164 Å². The molecule has 0 atom stereocenters. The summed E-state index contributed by atoms with van der Waals surface area (Å²) in [6.45, 7) is 6.64. The van der Waals surface area contributed by atoms with E-state index in [-0.39, 0.29) is 5.91 Å². The number of nitrogens with one attached hydrogen (secondary N) is 2. The van der Waals surface area contributed by atoms with Crippen molar-refractivity contribution in [3.8, 4) is 0 Å². The summed E-state index contributed by atoms with van der Waals surface area (Å²) in [6, 6.07) is 13.8. The second kappa shape index (κ2) is 8.23. The highest BCUT2D eigenvalue weighted by Gasteiger charge is 2.12. The molecule has 2 N–H and O–H groups in total. The first-order valence-corrected chi connectivity index (χ1v) is 9.13. The van der Waals surface area contributed by atoms with Crippen molar-refractivity contribution < 1.29 is 4.79 Å². The molecular formula is C22H22ClN3O. The molecule has 0 fully saturated rings. The average molecular weight is 380 g/mol. The first-order valence-electron chi connectivity index (χ1n) is 8.75. The van der Waals surface area contributed by atoms with Crippen LogP contribution in [-0.2, 0) is 6.54 Å². The lowest BCUT2D eigenvalue weighted by atomic mass is 10.1. The van der Waals surface area contributed by atoms with Crippen LogP contribution in [0.3, 0.4) is 0 Å². The summed E-state index contributed by atoms with van der Waals surface area (Å²) in [7, 11) is 0. The van der Waals surface area contributed by atoms with Crippen LogP contribution < -0.4 is 10.6 Å². The molecule has 3 aromatic rings. The lowest BCUT2D eigenvalue weighted by Crippen LogP contribution is -2.14. The zero-order chi connectivity index (χ0) is 19.4. The van der Waals surface area contributed by atoms with Crippen LogP contribution in [0.15, 0.2) is 54.9 Å². The molecule has 0 aliphatic carbocycles. The number of amides is 1. The quantitative estimate of drug-likeness (QED) is 0.613. The van der Waals surface area contributed by atoms with E-state index in [1.807, 2.05) is 38.1 Å². The van der Waals surface area contributed by atoms with E-state index in [1.165, 1.54) is 11.1 Å². The summed E-state index contributed by atoms with van der Waals surface area (Å²) < 4.78 is 0. The van der Waals surface area contributed by atoms with E-state index in [0.717, 1.165) is 16.8 Å². The van der Waals surface area contributed by atoms with Gasteiger partial charge in [-0.25, -0.2) is 0 Å². The number of carbonyl (C=O) groups is 1. The van der Waals surface area contributed by atoms with Crippen molar-refractivity contribution in [3.63, 3.8) is 0 Å². The minimum atomic E-state index is -0.240. The normalized spacial score (nSPS) is 10.5. The van der Waals surface area contributed by atoms with Crippen LogP contribution in [-0.4, -0.2) is 10.9 Å². The van der Waals surface area contributed by atoms with Crippen molar-refractivity contribution in [3.05, 3.63) is 87.7 Å². The van der Waals surface area contributed by atoms with Crippen LogP contribution in [0.25, 0.3) is 0 Å². The highest BCUT2D eigenvalue weighted by molar-refractivity contribution is 6.34. The Hall–Kier alpha value is -2.85. The number of aryl methyl sites for hydroxylation is 3. The topological polar surface area (TPSA) is 54.0 Å². The Kier molecular flexibility index (Phi) is 5.77. The SMILES string of the molecule is Cc1cc(C)c(NC(=O)c2cncc(NCc3ccccc3C)c2)c(Cl)c1. The largest absolute Gasteiger partial charge is 0.380 e. The lowest BCUT2D eigenvalue weighted by Gasteiger charge is -2.13. The van der Waals surface area contributed by atoms with Crippen molar-refractivity contribution in [1.29, 1.82) is 0 Å². The van der Waals surface area contributed by atoms with E-state index in [4.69, 9.17) is 11.6 Å². The fourth-order valence-electron chi connectivity index (χ4n) is 2.93. The van der Waals surface area contributed by atoms with Gasteiger partial charge in [-0.3, -0.25) is 9.78 Å². The Bertz CT molecular complexity index is 962. The number of hydrogen-bond donors (Lipinski definition) is 2. The predicted octanol–water partition coefficient (Wildman–Crippen LogP) is 5.52. The van der Waals surface area contributed by atoms with E-state index < -0.39 is 0 Å². The fourth-order valence-corrected chi connectivity index (χ4v) is 3.29. The molecule has 2 aromatic carbocycles. The van der Waals surface area contributed by atoms with Crippen molar-refractivity contribution in [2.45, 2.75) is 27.3 Å². The molecule has 4 nitrogen and oxygen atoms in total. The molecule has 0 spiro atoms. The van der Waals surface area contributed by atoms with E-state index >= 15 is 0 Å². The highest BCUT2D eigenvalue weighted by atomic mass is 35.5. The standard InChI is InChI=1S/C22H22ClN3O/c1-14-8-16(3)21(20(23)9-14)26-22(27)18-10-19(13-24-11-18)25-12-17-7-5-4-6-15(17)2/h4-11,13,25H,12H2,1-3H3,(H,26,27). The molecule has 0 unspecified atom stereocenters. The molecule has 1 aromatic heterocycles. The van der Waals surface area contributed by atoms with Crippen molar-refractivity contribution in [2.75, 3.05) is 10.6 Å². The Morgan fingerprint density at radius 2 is 1.81 bits per heavy atom. The second-order valence-electron chi connectivity index (χ2n) is 6.64. The molecule has 0 bridgehead atoms. The van der Waals surface area contributed by atoms with Gasteiger partial charge >= 0.3 is 0 Å². The summed E-state index contributed by atoms with van der Waals surface area (Å²) in [5, 5.41) is 6.75. The minimum absolute atomic E-state index is 0.240. The van der Waals surface area contributed by atoms with Crippen LogP contribution in [0.2, 0.25) is 5.02 Å². The molecule has 0 aliphatic heterocycles. The second-order valence-corrected chi connectivity index (χ2v) is 7.04. The van der Waals surface area contributed by atoms with Gasteiger partial charge in [-0.15, -0.1) is 0 Å². The molecule has 0 radical (unpaired) electrons. The molecule has 3 rings (SSSR count). The van der Waals surface area contributed by atoms with Crippen molar-refractivity contribution >= 4 is 28.9 Å². The summed E-state index contributed by atoms with van der Waals surface area (Å²) in [6.07, 6.45) is 3.25. The number of benzene rings is 2. The summed E-state index contributed by atoms with van der Waals surface area (Å²) in [5.74, 6) is -0.240. The summed E-state index contributed by atoms with van der Waals surface area (Å²) in [4.78, 5) is 16.8. The van der Waals surface area contributed by atoms with Gasteiger partial charge in [-0.05, 0) is 55.2 Å². The maximum atomic E-state index is 12.6. The van der Waals surface area contributed by atoms with E-state index in [0.29, 0.717) is 22.8 Å². The number of nitrogens with zero attached hydrogens (tertiary/aromatic N) is 1. The smallest absolute Gasteiger partial charge is 0.257 e. The van der Waals surface area contributed by atoms with Gasteiger partial charge in [0.15, 0.2) is 0 Å². The summed E-state index contributed by atoms with van der Waals surface area (Å²) in [5.41, 5.74) is 6.30. The predicted molar refractivity (Wildman–Crippen MR) is 112 cm³/mol. The molecular weight excluding hydrogens is 358 g/mol. The number of hydrogen-bond acceptors (Lipinski definition) is 3. The zero-order valence-corrected chi connectivity index (χ0v) is 16.4. The highest BCUT2D eigenvalue weighted by Crippen LogP contribution is 2.28. The number of pyridine rings is 1. The molecule has 138 valence electrons. The van der Waals surface area contributed by atoms with E-state index in [9.17, 15) is 4.79 Å². The van der Waals surface area contributed by atoms with Gasteiger partial charge in [0.1, 0.15) is 0 Å². The van der Waals surface area contributed by atoms with Gasteiger partial charge in [0, 0.05) is 18.9 Å². The molecule has 5 heteroatoms. The first-order chi connectivity index (χ1) is 12.9. The van der Waals surface area contributed by atoms with Crippen LogP contribution in [0, 0.1) is 20.8 Å². The van der Waals surface area contributed by atoms with Gasteiger partial charge in [0.05, 0.1) is 22.0 Å². The molecule has 0 saturated heterocycles. The van der Waals surface area contributed by atoms with Gasteiger partial charge in [-0.2, -0.15) is 0 Å². The number of rotatable bonds is 5.